The summed E-state index contributed by atoms with van der Waals surface area (Å²) in [7, 11) is 0.748. The summed E-state index contributed by atoms with van der Waals surface area (Å²) in [6, 6.07) is 9.07. The molecule has 0 saturated heterocycles. The molecule has 1 rings (SSSR count). The third kappa shape index (κ3) is 5.47. The molecule has 0 radical (unpaired) electrons. The van der Waals surface area contributed by atoms with Crippen LogP contribution < -0.4 is 4.90 Å². The number of hydrogen-bond donors (Lipinski definition) is 0. The molecule has 1 aromatic rings. The van der Waals surface area contributed by atoms with Crippen LogP contribution in [-0.2, 0) is 16.1 Å². The van der Waals surface area contributed by atoms with Crippen LogP contribution in [0.5, 0.6) is 0 Å². The molecule has 0 heterocycles. The summed E-state index contributed by atoms with van der Waals surface area (Å²) < 4.78 is 5.67. The number of nitrogens with zero attached hydrogens (tertiary/aromatic N) is 1. The van der Waals surface area contributed by atoms with Crippen molar-refractivity contribution in [3.8, 4) is 0 Å². The van der Waals surface area contributed by atoms with Crippen LogP contribution in [0.4, 0.5) is 5.69 Å². The molecule has 0 aliphatic heterocycles. The van der Waals surface area contributed by atoms with Crippen molar-refractivity contribution in [3.05, 3.63) is 29.8 Å². The van der Waals surface area contributed by atoms with Crippen LogP contribution in [0, 0.1) is 0 Å². The van der Waals surface area contributed by atoms with Crippen molar-refractivity contribution in [1.82, 2.24) is 0 Å². The molecule has 1 amide bonds. The number of ether oxygens (including phenoxy) is 1. The smallest absolute Gasteiger partial charge is 0.213 e. The van der Waals surface area contributed by atoms with Gasteiger partial charge in [-0.25, -0.2) is 0 Å². The Hall–Kier alpha value is -1.13. The lowest BCUT2D eigenvalue weighted by atomic mass is 10.2. The molecule has 0 fully saturated rings. The maximum Gasteiger partial charge on any atom is 0.213 e. The predicted octanol–water partition coefficient (Wildman–Crippen LogP) is 3.13. The van der Waals surface area contributed by atoms with Gasteiger partial charge in [0.2, 0.25) is 6.41 Å². The molecule has 0 atom stereocenters. The first-order valence-corrected chi connectivity index (χ1v) is 9.98. The Morgan fingerprint density at radius 1 is 1.22 bits per heavy atom. The zero-order valence-corrected chi connectivity index (χ0v) is 12.8. The highest BCUT2D eigenvalue weighted by atomic mass is 28.3. The van der Waals surface area contributed by atoms with Crippen molar-refractivity contribution < 1.29 is 9.53 Å². The normalized spacial score (nSPS) is 11.3. The molecule has 1 aromatic carbocycles. The summed E-state index contributed by atoms with van der Waals surface area (Å²) >= 11 is 0. The number of hydrogen-bond acceptors (Lipinski definition) is 2. The van der Waals surface area contributed by atoms with E-state index in [9.17, 15) is 4.79 Å². The summed E-state index contributed by atoms with van der Waals surface area (Å²) in [5.41, 5.74) is 2.05. The number of anilines is 1. The lowest BCUT2D eigenvalue weighted by molar-refractivity contribution is -0.107. The molecule has 0 bridgehead atoms. The number of amides is 1. The summed E-state index contributed by atoms with van der Waals surface area (Å²) in [5.74, 6) is 0. The third-order valence-electron chi connectivity index (χ3n) is 2.77. The van der Waals surface area contributed by atoms with Gasteiger partial charge in [-0.3, -0.25) is 4.79 Å². The van der Waals surface area contributed by atoms with Gasteiger partial charge < -0.3 is 9.64 Å². The molecular weight excluding hydrogens is 242 g/mol. The van der Waals surface area contributed by atoms with Crippen LogP contribution in [-0.4, -0.2) is 28.1 Å². The van der Waals surface area contributed by atoms with Crippen molar-refractivity contribution in [2.75, 3.05) is 18.6 Å². The van der Waals surface area contributed by atoms with Gasteiger partial charge in [0.05, 0.1) is 6.61 Å². The molecule has 4 heteroatoms. The fraction of sp³-hybridized carbons (Fsp3) is 0.500. The Morgan fingerprint density at radius 2 is 1.83 bits per heavy atom. The van der Waals surface area contributed by atoms with Crippen LogP contribution >= 0.6 is 0 Å². The van der Waals surface area contributed by atoms with E-state index in [4.69, 9.17) is 4.74 Å². The Morgan fingerprint density at radius 3 is 2.33 bits per heavy atom. The van der Waals surface area contributed by atoms with Crippen LogP contribution in [0.3, 0.4) is 0 Å². The fourth-order valence-corrected chi connectivity index (χ4v) is 2.21. The number of rotatable bonds is 7. The molecule has 3 nitrogen and oxygen atoms in total. The SMILES string of the molecule is CN(C=O)c1ccc(COCC[Si](C)(C)C)cc1. The molecule has 0 spiro atoms. The molecule has 0 saturated carbocycles. The van der Waals surface area contributed by atoms with Gasteiger partial charge in [0, 0.05) is 27.4 Å². The van der Waals surface area contributed by atoms with E-state index in [2.05, 4.69) is 19.6 Å². The van der Waals surface area contributed by atoms with Crippen molar-refractivity contribution in [1.29, 1.82) is 0 Å². The molecular formula is C14H23NO2Si. The van der Waals surface area contributed by atoms with Crippen LogP contribution in [0.2, 0.25) is 25.7 Å². The van der Waals surface area contributed by atoms with Crippen LogP contribution in [0.15, 0.2) is 24.3 Å². The Balaban J connectivity index is 2.38. The monoisotopic (exact) mass is 265 g/mol. The molecule has 0 unspecified atom stereocenters. The van der Waals surface area contributed by atoms with Gasteiger partial charge in [0.1, 0.15) is 0 Å². The van der Waals surface area contributed by atoms with Gasteiger partial charge in [-0.15, -0.1) is 0 Å². The van der Waals surface area contributed by atoms with Gasteiger partial charge >= 0.3 is 0 Å². The Labute approximate surface area is 111 Å². The average molecular weight is 265 g/mol. The van der Waals surface area contributed by atoms with Crippen LogP contribution in [0.25, 0.3) is 0 Å². The van der Waals surface area contributed by atoms with Gasteiger partial charge in [-0.2, -0.15) is 0 Å². The topological polar surface area (TPSA) is 29.5 Å². The first-order valence-electron chi connectivity index (χ1n) is 6.27. The molecule has 0 N–H and O–H groups in total. The first-order chi connectivity index (χ1) is 8.42. The molecule has 0 aliphatic carbocycles. The van der Waals surface area contributed by atoms with Crippen LogP contribution in [0.1, 0.15) is 5.56 Å². The van der Waals surface area contributed by atoms with Crippen molar-refractivity contribution in [2.24, 2.45) is 0 Å². The Kier molecular flexibility index (Phi) is 5.56. The minimum atomic E-state index is -0.995. The quantitative estimate of drug-likeness (QED) is 0.430. The molecule has 0 aliphatic rings. The minimum absolute atomic E-state index is 0.648. The van der Waals surface area contributed by atoms with E-state index >= 15 is 0 Å². The number of carbonyl (C=O) groups excluding carboxylic acids is 1. The minimum Gasteiger partial charge on any atom is -0.377 e. The lowest BCUT2D eigenvalue weighted by Crippen LogP contribution is -2.21. The summed E-state index contributed by atoms with van der Waals surface area (Å²) in [4.78, 5) is 12.2. The maximum absolute atomic E-state index is 10.6. The largest absolute Gasteiger partial charge is 0.377 e. The summed E-state index contributed by atoms with van der Waals surface area (Å²) in [5, 5.41) is 0. The second kappa shape index (κ2) is 6.71. The van der Waals surface area contributed by atoms with Crippen molar-refractivity contribution in [3.63, 3.8) is 0 Å². The van der Waals surface area contributed by atoms with Gasteiger partial charge in [0.15, 0.2) is 0 Å². The van der Waals surface area contributed by atoms with E-state index in [1.54, 1.807) is 11.9 Å². The van der Waals surface area contributed by atoms with E-state index in [0.717, 1.165) is 24.3 Å². The predicted molar refractivity (Wildman–Crippen MR) is 78.7 cm³/mol. The average Bonchev–Trinajstić information content (AvgIpc) is 2.33. The number of benzene rings is 1. The van der Waals surface area contributed by atoms with Crippen molar-refractivity contribution in [2.45, 2.75) is 32.3 Å². The van der Waals surface area contributed by atoms with Gasteiger partial charge in [-0.05, 0) is 23.7 Å². The highest BCUT2D eigenvalue weighted by molar-refractivity contribution is 6.76. The number of carbonyl (C=O) groups is 1. The summed E-state index contributed by atoms with van der Waals surface area (Å²) in [6.45, 7) is 8.53. The third-order valence-corrected chi connectivity index (χ3v) is 4.47. The van der Waals surface area contributed by atoms with E-state index in [1.165, 1.54) is 6.04 Å². The van der Waals surface area contributed by atoms with Crippen molar-refractivity contribution >= 4 is 20.2 Å². The van der Waals surface area contributed by atoms with E-state index in [-0.39, 0.29) is 0 Å². The van der Waals surface area contributed by atoms with E-state index in [1.807, 2.05) is 24.3 Å². The molecule has 18 heavy (non-hydrogen) atoms. The highest BCUT2D eigenvalue weighted by Crippen LogP contribution is 2.14. The fourth-order valence-electron chi connectivity index (χ4n) is 1.46. The second-order valence-corrected chi connectivity index (χ2v) is 11.4. The maximum atomic E-state index is 10.6. The summed E-state index contributed by atoms with van der Waals surface area (Å²) in [6.07, 6.45) is 0.805. The molecule has 0 aromatic heterocycles. The van der Waals surface area contributed by atoms with Gasteiger partial charge in [0.25, 0.3) is 0 Å². The zero-order chi connectivity index (χ0) is 13.6. The standard InChI is InChI=1S/C14H23NO2Si/c1-15(12-16)14-7-5-13(6-8-14)11-17-9-10-18(2,3)4/h5-8,12H,9-11H2,1-4H3. The second-order valence-electron chi connectivity index (χ2n) is 5.75. The lowest BCUT2D eigenvalue weighted by Gasteiger charge is -2.15. The molecule has 100 valence electrons. The van der Waals surface area contributed by atoms with E-state index < -0.39 is 8.07 Å². The Bertz CT molecular complexity index is 370. The zero-order valence-electron chi connectivity index (χ0n) is 11.8. The highest BCUT2D eigenvalue weighted by Gasteiger charge is 2.11. The first kappa shape index (κ1) is 14.9. The van der Waals surface area contributed by atoms with Gasteiger partial charge in [-0.1, -0.05) is 31.8 Å². The van der Waals surface area contributed by atoms with E-state index in [0.29, 0.717) is 6.61 Å².